The summed E-state index contributed by atoms with van der Waals surface area (Å²) in [6.45, 7) is 14.2. The van der Waals surface area contributed by atoms with Crippen molar-refractivity contribution in [2.45, 2.75) is 73.3 Å². The van der Waals surface area contributed by atoms with E-state index in [1.807, 2.05) is 6.92 Å². The number of carbonyl (C=O) groups is 1. The SMILES string of the molecule is Cc1cc2c(nc1NC(=O)CC(C)(C)C)CCCN2Cc1nnc(C(C)C)s1. The van der Waals surface area contributed by atoms with Gasteiger partial charge in [0.15, 0.2) is 0 Å². The maximum atomic E-state index is 12.3. The Morgan fingerprint density at radius 2 is 2.07 bits per heavy atom. The molecule has 0 bridgehead atoms. The number of aromatic nitrogens is 3. The number of hydrogen-bond donors (Lipinski definition) is 1. The van der Waals surface area contributed by atoms with Gasteiger partial charge in [0, 0.05) is 18.9 Å². The lowest BCUT2D eigenvalue weighted by molar-refractivity contribution is -0.117. The maximum absolute atomic E-state index is 12.3. The van der Waals surface area contributed by atoms with Crippen molar-refractivity contribution in [3.63, 3.8) is 0 Å². The third-order valence-electron chi connectivity index (χ3n) is 4.70. The van der Waals surface area contributed by atoms with Gasteiger partial charge in [0.1, 0.15) is 15.8 Å². The zero-order chi connectivity index (χ0) is 20.5. The largest absolute Gasteiger partial charge is 0.363 e. The van der Waals surface area contributed by atoms with Gasteiger partial charge >= 0.3 is 0 Å². The molecule has 1 amide bonds. The molecule has 0 aromatic carbocycles. The van der Waals surface area contributed by atoms with E-state index >= 15 is 0 Å². The summed E-state index contributed by atoms with van der Waals surface area (Å²) in [5.74, 6) is 1.11. The van der Waals surface area contributed by atoms with E-state index in [1.54, 1.807) is 11.3 Å². The summed E-state index contributed by atoms with van der Waals surface area (Å²) in [6, 6.07) is 2.15. The molecule has 0 unspecified atom stereocenters. The number of amides is 1. The van der Waals surface area contributed by atoms with Crippen molar-refractivity contribution < 1.29 is 4.79 Å². The molecule has 0 saturated heterocycles. The van der Waals surface area contributed by atoms with Crippen LogP contribution in [0.2, 0.25) is 0 Å². The summed E-state index contributed by atoms with van der Waals surface area (Å²) in [7, 11) is 0. The molecule has 0 fully saturated rings. The van der Waals surface area contributed by atoms with Gasteiger partial charge in [-0.3, -0.25) is 4.79 Å². The van der Waals surface area contributed by atoms with Crippen LogP contribution < -0.4 is 10.2 Å². The second-order valence-electron chi connectivity index (χ2n) is 9.12. The lowest BCUT2D eigenvalue weighted by Gasteiger charge is -2.30. The van der Waals surface area contributed by atoms with Crippen molar-refractivity contribution in [3.8, 4) is 0 Å². The van der Waals surface area contributed by atoms with Gasteiger partial charge in [0.25, 0.3) is 0 Å². The first-order chi connectivity index (χ1) is 13.1. The first kappa shape index (κ1) is 20.7. The summed E-state index contributed by atoms with van der Waals surface area (Å²) in [6.07, 6.45) is 2.46. The molecule has 1 aliphatic heterocycles. The van der Waals surface area contributed by atoms with Crippen molar-refractivity contribution >= 4 is 28.7 Å². The zero-order valence-electron chi connectivity index (χ0n) is 17.8. The van der Waals surface area contributed by atoms with Crippen LogP contribution in [0.5, 0.6) is 0 Å². The fourth-order valence-corrected chi connectivity index (χ4v) is 4.19. The summed E-state index contributed by atoms with van der Waals surface area (Å²) >= 11 is 1.69. The van der Waals surface area contributed by atoms with Gasteiger partial charge in [-0.15, -0.1) is 10.2 Å². The predicted octanol–water partition coefficient (Wildman–Crippen LogP) is 4.69. The van der Waals surface area contributed by atoms with Gasteiger partial charge in [0.2, 0.25) is 5.91 Å². The smallest absolute Gasteiger partial charge is 0.226 e. The van der Waals surface area contributed by atoms with E-state index in [4.69, 9.17) is 4.98 Å². The third kappa shape index (κ3) is 5.07. The van der Waals surface area contributed by atoms with Crippen molar-refractivity contribution in [1.82, 2.24) is 15.2 Å². The van der Waals surface area contributed by atoms with Crippen molar-refractivity contribution in [1.29, 1.82) is 0 Å². The number of hydrogen-bond acceptors (Lipinski definition) is 6. The molecule has 0 saturated carbocycles. The third-order valence-corrected chi connectivity index (χ3v) is 5.91. The van der Waals surface area contributed by atoms with Gasteiger partial charge in [-0.05, 0) is 36.8 Å². The first-order valence-corrected chi connectivity index (χ1v) is 10.8. The minimum absolute atomic E-state index is 0.0193. The first-order valence-electron chi connectivity index (χ1n) is 10.00. The van der Waals surface area contributed by atoms with Crippen molar-refractivity contribution in [2.24, 2.45) is 5.41 Å². The molecule has 1 aliphatic rings. The maximum Gasteiger partial charge on any atom is 0.226 e. The van der Waals surface area contributed by atoms with E-state index in [0.29, 0.717) is 18.2 Å². The molecule has 3 rings (SSSR count). The number of aryl methyl sites for hydroxylation is 2. The van der Waals surface area contributed by atoms with Crippen LogP contribution in [-0.4, -0.2) is 27.6 Å². The van der Waals surface area contributed by atoms with Gasteiger partial charge in [0.05, 0.1) is 17.9 Å². The molecule has 28 heavy (non-hydrogen) atoms. The standard InChI is InChI=1S/C21H31N5OS/c1-13(2)20-25-24-18(28-20)12-26-9-7-8-15-16(26)10-14(3)19(22-15)23-17(27)11-21(4,5)6/h10,13H,7-9,11-12H2,1-6H3,(H,22,23,27). The summed E-state index contributed by atoms with van der Waals surface area (Å²) in [5, 5.41) is 13.8. The second-order valence-corrected chi connectivity index (χ2v) is 10.2. The Balaban J connectivity index is 1.78. The van der Waals surface area contributed by atoms with Gasteiger partial charge in [-0.25, -0.2) is 4.98 Å². The molecule has 7 heteroatoms. The molecule has 1 N–H and O–H groups in total. The molecule has 6 nitrogen and oxygen atoms in total. The topological polar surface area (TPSA) is 71.0 Å². The van der Waals surface area contributed by atoms with Crippen LogP contribution in [0.3, 0.4) is 0 Å². The molecule has 0 radical (unpaired) electrons. The van der Waals surface area contributed by atoms with Crippen LogP contribution in [0, 0.1) is 12.3 Å². The van der Waals surface area contributed by atoms with Gasteiger partial charge in [-0.1, -0.05) is 46.0 Å². The van der Waals surface area contributed by atoms with Crippen molar-refractivity contribution in [2.75, 3.05) is 16.8 Å². The summed E-state index contributed by atoms with van der Waals surface area (Å²) in [5.41, 5.74) is 3.16. The average Bonchev–Trinajstić information content (AvgIpc) is 3.03. The van der Waals surface area contributed by atoms with Crippen LogP contribution in [-0.2, 0) is 17.8 Å². The Morgan fingerprint density at radius 1 is 1.32 bits per heavy atom. The summed E-state index contributed by atoms with van der Waals surface area (Å²) < 4.78 is 0. The number of pyridine rings is 1. The fraction of sp³-hybridized carbons (Fsp3) is 0.619. The highest BCUT2D eigenvalue weighted by molar-refractivity contribution is 7.11. The summed E-state index contributed by atoms with van der Waals surface area (Å²) in [4.78, 5) is 19.5. The Hall–Kier alpha value is -2.02. The minimum atomic E-state index is -0.0421. The minimum Gasteiger partial charge on any atom is -0.363 e. The lowest BCUT2D eigenvalue weighted by Crippen LogP contribution is -2.30. The number of nitrogens with one attached hydrogen (secondary N) is 1. The molecule has 0 aliphatic carbocycles. The van der Waals surface area contributed by atoms with Crippen LogP contribution in [0.15, 0.2) is 6.07 Å². The van der Waals surface area contributed by atoms with Crippen LogP contribution >= 0.6 is 11.3 Å². The highest BCUT2D eigenvalue weighted by Gasteiger charge is 2.23. The molecule has 152 valence electrons. The van der Waals surface area contributed by atoms with E-state index in [1.165, 1.54) is 0 Å². The molecular weight excluding hydrogens is 370 g/mol. The van der Waals surface area contributed by atoms with Crippen LogP contribution in [0.25, 0.3) is 0 Å². The van der Waals surface area contributed by atoms with E-state index in [0.717, 1.165) is 52.9 Å². The second kappa shape index (κ2) is 8.15. The molecule has 0 spiro atoms. The van der Waals surface area contributed by atoms with E-state index in [9.17, 15) is 4.79 Å². The van der Waals surface area contributed by atoms with E-state index in [-0.39, 0.29) is 11.3 Å². The van der Waals surface area contributed by atoms with Crippen LogP contribution in [0.4, 0.5) is 11.5 Å². The lowest BCUT2D eigenvalue weighted by atomic mass is 9.92. The molecule has 3 heterocycles. The Labute approximate surface area is 171 Å². The molecule has 0 atom stereocenters. The number of fused-ring (bicyclic) bond motifs is 1. The molecular formula is C21H31N5OS. The zero-order valence-corrected chi connectivity index (χ0v) is 18.6. The quantitative estimate of drug-likeness (QED) is 0.787. The van der Waals surface area contributed by atoms with Crippen LogP contribution in [0.1, 0.15) is 74.7 Å². The normalized spacial score (nSPS) is 14.3. The number of anilines is 2. The van der Waals surface area contributed by atoms with E-state index in [2.05, 4.69) is 61.1 Å². The van der Waals surface area contributed by atoms with Crippen molar-refractivity contribution in [3.05, 3.63) is 27.3 Å². The highest BCUT2D eigenvalue weighted by atomic mass is 32.1. The Morgan fingerprint density at radius 3 is 2.71 bits per heavy atom. The average molecular weight is 402 g/mol. The number of nitrogens with zero attached hydrogens (tertiary/aromatic N) is 4. The fourth-order valence-electron chi connectivity index (χ4n) is 3.33. The number of rotatable bonds is 5. The molecule has 2 aromatic heterocycles. The van der Waals surface area contributed by atoms with Gasteiger partial charge in [-0.2, -0.15) is 0 Å². The molecule has 2 aromatic rings. The van der Waals surface area contributed by atoms with Gasteiger partial charge < -0.3 is 10.2 Å². The van der Waals surface area contributed by atoms with E-state index < -0.39 is 0 Å². The number of carbonyl (C=O) groups excluding carboxylic acids is 1. The Kier molecular flexibility index (Phi) is 6.03. The monoisotopic (exact) mass is 401 g/mol. The highest BCUT2D eigenvalue weighted by Crippen LogP contribution is 2.32. The predicted molar refractivity (Wildman–Crippen MR) is 115 cm³/mol. The Bertz CT molecular complexity index is 853.